The van der Waals surface area contributed by atoms with Crippen molar-refractivity contribution < 1.29 is 14.4 Å². The second-order valence-corrected chi connectivity index (χ2v) is 6.75. The van der Waals surface area contributed by atoms with E-state index < -0.39 is 5.54 Å². The van der Waals surface area contributed by atoms with Crippen LogP contribution in [-0.4, -0.2) is 34.0 Å². The Bertz CT molecular complexity index is 900. The van der Waals surface area contributed by atoms with Crippen molar-refractivity contribution in [2.45, 2.75) is 39.2 Å². The Balaban J connectivity index is 1.91. The van der Waals surface area contributed by atoms with Gasteiger partial charge in [-0.05, 0) is 43.2 Å². The molecule has 2 aliphatic rings. The van der Waals surface area contributed by atoms with E-state index >= 15 is 0 Å². The van der Waals surface area contributed by atoms with Crippen molar-refractivity contribution in [3.63, 3.8) is 0 Å². The molecule has 3 rings (SSSR count). The van der Waals surface area contributed by atoms with Gasteiger partial charge in [0.2, 0.25) is 5.91 Å². The summed E-state index contributed by atoms with van der Waals surface area (Å²) < 4.78 is 0. The van der Waals surface area contributed by atoms with Crippen molar-refractivity contribution in [1.82, 2.24) is 4.90 Å². The Morgan fingerprint density at radius 2 is 2.04 bits per heavy atom. The third-order valence-corrected chi connectivity index (χ3v) is 4.65. The Morgan fingerprint density at radius 1 is 1.26 bits per heavy atom. The van der Waals surface area contributed by atoms with Crippen LogP contribution in [0.2, 0.25) is 0 Å². The lowest BCUT2D eigenvalue weighted by atomic mass is 9.91. The number of nitrogens with one attached hydrogen (secondary N) is 2. The molecule has 0 fully saturated rings. The molecule has 7 heteroatoms. The Hall–Kier alpha value is -3.22. The average molecular weight is 366 g/mol. The summed E-state index contributed by atoms with van der Waals surface area (Å²) in [6.07, 6.45) is 7.72. The Labute approximate surface area is 157 Å². The molecule has 7 nitrogen and oxygen atoms in total. The number of amides is 3. The van der Waals surface area contributed by atoms with Crippen LogP contribution in [0.1, 0.15) is 32.8 Å². The number of rotatable bonds is 4. The number of amidine groups is 1. The third-order valence-electron chi connectivity index (χ3n) is 4.65. The molecule has 1 aromatic carbocycles. The van der Waals surface area contributed by atoms with Crippen molar-refractivity contribution in [1.29, 1.82) is 0 Å². The molecule has 2 N–H and O–H groups in total. The summed E-state index contributed by atoms with van der Waals surface area (Å²) in [5, 5.41) is 5.66. The van der Waals surface area contributed by atoms with Gasteiger partial charge in [-0.15, -0.1) is 0 Å². The summed E-state index contributed by atoms with van der Waals surface area (Å²) >= 11 is 0. The summed E-state index contributed by atoms with van der Waals surface area (Å²) in [4.78, 5) is 42.3. The second-order valence-electron chi connectivity index (χ2n) is 6.75. The molecule has 2 heterocycles. The van der Waals surface area contributed by atoms with Crippen LogP contribution in [0.25, 0.3) is 0 Å². The number of carbonyl (C=O) groups is 3. The molecule has 0 spiro atoms. The zero-order valence-corrected chi connectivity index (χ0v) is 15.6. The zero-order valence-electron chi connectivity index (χ0n) is 15.6. The van der Waals surface area contributed by atoms with Gasteiger partial charge >= 0.3 is 0 Å². The maximum Gasteiger partial charge on any atom is 0.250 e. The fraction of sp³-hybridized carbons (Fsp3) is 0.300. The number of fused-ring (bicyclic) bond motifs is 1. The number of anilines is 2. The molecule has 3 amide bonds. The first-order chi connectivity index (χ1) is 12.8. The summed E-state index contributed by atoms with van der Waals surface area (Å²) in [5.41, 5.74) is 1.06. The summed E-state index contributed by atoms with van der Waals surface area (Å²) in [5.74, 6) is -0.374. The predicted molar refractivity (Wildman–Crippen MR) is 104 cm³/mol. The predicted octanol–water partition coefficient (Wildman–Crippen LogP) is 2.62. The molecule has 0 saturated heterocycles. The summed E-state index contributed by atoms with van der Waals surface area (Å²) in [6.45, 7) is 5.14. The second kappa shape index (κ2) is 7.19. The van der Waals surface area contributed by atoms with Crippen LogP contribution in [0.3, 0.4) is 0 Å². The van der Waals surface area contributed by atoms with E-state index in [-0.39, 0.29) is 24.1 Å². The SMILES string of the molecule is CCc1ccc(NC(C)=O)cc1NC(=O)C1(C)CC(=O)N=C2C=CC=CN21. The lowest BCUT2D eigenvalue weighted by Gasteiger charge is -2.41. The topological polar surface area (TPSA) is 90.9 Å². The number of hydrogen-bond donors (Lipinski definition) is 2. The molecule has 1 atom stereocenters. The number of aliphatic imine (C=N–C) groups is 1. The summed E-state index contributed by atoms with van der Waals surface area (Å²) in [6, 6.07) is 5.39. The van der Waals surface area contributed by atoms with E-state index in [9.17, 15) is 14.4 Å². The van der Waals surface area contributed by atoms with Gasteiger partial charge in [0.15, 0.2) is 0 Å². The van der Waals surface area contributed by atoms with E-state index in [4.69, 9.17) is 0 Å². The van der Waals surface area contributed by atoms with Crippen LogP contribution < -0.4 is 10.6 Å². The fourth-order valence-corrected chi connectivity index (χ4v) is 3.22. The van der Waals surface area contributed by atoms with Gasteiger partial charge in [0.25, 0.3) is 11.8 Å². The normalized spacial score (nSPS) is 20.8. The highest BCUT2D eigenvalue weighted by atomic mass is 16.2. The minimum absolute atomic E-state index is 0.0205. The van der Waals surface area contributed by atoms with E-state index in [1.54, 1.807) is 48.4 Å². The number of hydrogen-bond acceptors (Lipinski definition) is 4. The highest BCUT2D eigenvalue weighted by molar-refractivity contribution is 6.12. The van der Waals surface area contributed by atoms with Gasteiger partial charge < -0.3 is 15.5 Å². The fourth-order valence-electron chi connectivity index (χ4n) is 3.22. The number of aryl methyl sites for hydroxylation is 1. The van der Waals surface area contributed by atoms with Gasteiger partial charge in [0.05, 0.1) is 6.42 Å². The zero-order chi connectivity index (χ0) is 19.6. The lowest BCUT2D eigenvalue weighted by Crippen LogP contribution is -2.58. The smallest absolute Gasteiger partial charge is 0.250 e. The van der Waals surface area contributed by atoms with Crippen LogP contribution in [0.15, 0.2) is 47.6 Å². The Morgan fingerprint density at radius 3 is 2.74 bits per heavy atom. The molecule has 0 radical (unpaired) electrons. The molecular weight excluding hydrogens is 344 g/mol. The van der Waals surface area contributed by atoms with Gasteiger partial charge in [0.1, 0.15) is 11.4 Å². The van der Waals surface area contributed by atoms with Crippen molar-refractivity contribution >= 4 is 34.9 Å². The number of benzene rings is 1. The Kier molecular flexibility index (Phi) is 4.94. The molecular formula is C20H22N4O3. The van der Waals surface area contributed by atoms with Crippen LogP contribution in [0, 0.1) is 0 Å². The molecule has 1 aromatic rings. The van der Waals surface area contributed by atoms with Gasteiger partial charge in [-0.3, -0.25) is 14.4 Å². The van der Waals surface area contributed by atoms with Crippen LogP contribution in [-0.2, 0) is 20.8 Å². The van der Waals surface area contributed by atoms with E-state index in [0.29, 0.717) is 23.6 Å². The maximum atomic E-state index is 13.2. The van der Waals surface area contributed by atoms with E-state index in [1.165, 1.54) is 6.92 Å². The highest BCUT2D eigenvalue weighted by Crippen LogP contribution is 2.30. The van der Waals surface area contributed by atoms with Crippen molar-refractivity contribution in [2.24, 2.45) is 4.99 Å². The standard InChI is InChI=1S/C20H22N4O3/c1-4-14-8-9-15(21-13(2)25)11-16(14)22-19(27)20(3)12-18(26)23-17-7-5-6-10-24(17)20/h5-11H,4,12H2,1-3H3,(H,21,25)(H,22,27). The highest BCUT2D eigenvalue weighted by Gasteiger charge is 2.45. The van der Waals surface area contributed by atoms with Crippen molar-refractivity contribution in [3.05, 3.63) is 48.2 Å². The summed E-state index contributed by atoms with van der Waals surface area (Å²) in [7, 11) is 0. The number of carbonyl (C=O) groups excluding carboxylic acids is 3. The minimum atomic E-state index is -1.09. The van der Waals surface area contributed by atoms with Gasteiger partial charge in [-0.25, -0.2) is 0 Å². The molecule has 1 unspecified atom stereocenters. The molecule has 0 saturated carbocycles. The largest absolute Gasteiger partial charge is 0.326 e. The number of nitrogens with zero attached hydrogens (tertiary/aromatic N) is 2. The lowest BCUT2D eigenvalue weighted by molar-refractivity contribution is -0.130. The van der Waals surface area contributed by atoms with E-state index in [2.05, 4.69) is 15.6 Å². The molecule has 27 heavy (non-hydrogen) atoms. The third kappa shape index (κ3) is 3.67. The first kappa shape index (κ1) is 18.6. The minimum Gasteiger partial charge on any atom is -0.326 e. The van der Waals surface area contributed by atoms with Crippen LogP contribution >= 0.6 is 0 Å². The molecule has 0 aromatic heterocycles. The van der Waals surface area contributed by atoms with E-state index in [1.807, 2.05) is 13.0 Å². The molecule has 2 aliphatic heterocycles. The monoisotopic (exact) mass is 366 g/mol. The first-order valence-corrected chi connectivity index (χ1v) is 8.81. The van der Waals surface area contributed by atoms with Gasteiger partial charge in [0, 0.05) is 24.5 Å². The van der Waals surface area contributed by atoms with Crippen LogP contribution in [0.5, 0.6) is 0 Å². The quantitative estimate of drug-likeness (QED) is 0.857. The molecule has 0 aliphatic carbocycles. The van der Waals surface area contributed by atoms with Gasteiger partial charge in [-0.2, -0.15) is 4.99 Å². The number of allylic oxidation sites excluding steroid dienone is 2. The molecule has 140 valence electrons. The van der Waals surface area contributed by atoms with Crippen molar-refractivity contribution in [3.8, 4) is 0 Å². The average Bonchev–Trinajstić information content (AvgIpc) is 2.61. The van der Waals surface area contributed by atoms with Gasteiger partial charge in [-0.1, -0.05) is 19.1 Å². The van der Waals surface area contributed by atoms with Crippen LogP contribution in [0.4, 0.5) is 11.4 Å². The van der Waals surface area contributed by atoms with Crippen molar-refractivity contribution in [2.75, 3.05) is 10.6 Å². The first-order valence-electron chi connectivity index (χ1n) is 8.81. The molecule has 0 bridgehead atoms. The maximum absolute atomic E-state index is 13.2. The van der Waals surface area contributed by atoms with E-state index in [0.717, 1.165) is 5.56 Å².